The summed E-state index contributed by atoms with van der Waals surface area (Å²) in [4.78, 5) is 22.8. The molecule has 1 aromatic carbocycles. The van der Waals surface area contributed by atoms with Crippen LogP contribution >= 0.6 is 11.6 Å². The third-order valence-corrected chi connectivity index (χ3v) is 3.01. The SMILES string of the molecule is CCOC(=O)c1nn(-c2ccc(C(N)=O)c(Cl)c2)cc1N. The zero-order valence-electron chi connectivity index (χ0n) is 11.2. The smallest absolute Gasteiger partial charge is 0.361 e. The van der Waals surface area contributed by atoms with Crippen LogP contribution in [-0.2, 0) is 4.74 Å². The predicted octanol–water partition coefficient (Wildman–Crippen LogP) is 1.38. The molecule has 0 aliphatic rings. The van der Waals surface area contributed by atoms with Gasteiger partial charge in [-0.1, -0.05) is 11.6 Å². The minimum Gasteiger partial charge on any atom is -0.461 e. The second kappa shape index (κ2) is 5.84. The van der Waals surface area contributed by atoms with E-state index in [1.165, 1.54) is 23.0 Å². The van der Waals surface area contributed by atoms with Crippen molar-refractivity contribution in [2.45, 2.75) is 6.92 Å². The maximum atomic E-state index is 11.7. The molecule has 0 radical (unpaired) electrons. The summed E-state index contributed by atoms with van der Waals surface area (Å²) in [5.74, 6) is -1.23. The molecule has 1 aromatic heterocycles. The molecule has 7 nitrogen and oxygen atoms in total. The Morgan fingerprint density at radius 1 is 1.43 bits per heavy atom. The summed E-state index contributed by atoms with van der Waals surface area (Å²) >= 11 is 5.97. The number of esters is 1. The number of carbonyl (C=O) groups is 2. The number of halogens is 1. The van der Waals surface area contributed by atoms with Gasteiger partial charge in [0.25, 0.3) is 0 Å². The van der Waals surface area contributed by atoms with E-state index in [0.717, 1.165) is 0 Å². The molecule has 2 rings (SSSR count). The molecule has 0 unspecified atom stereocenters. The molecule has 0 fully saturated rings. The maximum Gasteiger partial charge on any atom is 0.361 e. The number of nitrogens with two attached hydrogens (primary N) is 2. The number of rotatable bonds is 4. The van der Waals surface area contributed by atoms with Crippen LogP contribution in [0.2, 0.25) is 5.02 Å². The number of benzene rings is 1. The van der Waals surface area contributed by atoms with E-state index in [1.54, 1.807) is 13.0 Å². The first kappa shape index (κ1) is 14.9. The van der Waals surface area contributed by atoms with Crippen molar-refractivity contribution < 1.29 is 14.3 Å². The van der Waals surface area contributed by atoms with Crippen molar-refractivity contribution in [3.63, 3.8) is 0 Å². The van der Waals surface area contributed by atoms with E-state index in [2.05, 4.69) is 5.10 Å². The molecule has 8 heteroatoms. The highest BCUT2D eigenvalue weighted by Gasteiger charge is 2.17. The lowest BCUT2D eigenvalue weighted by atomic mass is 10.2. The van der Waals surface area contributed by atoms with Gasteiger partial charge in [0.15, 0.2) is 5.69 Å². The van der Waals surface area contributed by atoms with Gasteiger partial charge < -0.3 is 16.2 Å². The number of aromatic nitrogens is 2. The fourth-order valence-corrected chi connectivity index (χ4v) is 1.99. The molecule has 0 saturated heterocycles. The molecule has 0 bridgehead atoms. The van der Waals surface area contributed by atoms with E-state index in [0.29, 0.717) is 5.69 Å². The Morgan fingerprint density at radius 3 is 2.71 bits per heavy atom. The van der Waals surface area contributed by atoms with Gasteiger partial charge in [0.2, 0.25) is 5.91 Å². The van der Waals surface area contributed by atoms with E-state index in [-0.39, 0.29) is 28.6 Å². The third-order valence-electron chi connectivity index (χ3n) is 2.69. The first-order valence-corrected chi connectivity index (χ1v) is 6.43. The van der Waals surface area contributed by atoms with Crippen molar-refractivity contribution >= 4 is 29.2 Å². The average molecular weight is 309 g/mol. The van der Waals surface area contributed by atoms with Crippen LogP contribution in [0.25, 0.3) is 5.69 Å². The quantitative estimate of drug-likeness (QED) is 0.828. The molecular weight excluding hydrogens is 296 g/mol. The lowest BCUT2D eigenvalue weighted by molar-refractivity contribution is 0.0520. The topological polar surface area (TPSA) is 113 Å². The minimum atomic E-state index is -0.626. The summed E-state index contributed by atoms with van der Waals surface area (Å²) in [6.45, 7) is 1.91. The van der Waals surface area contributed by atoms with E-state index >= 15 is 0 Å². The van der Waals surface area contributed by atoms with E-state index in [4.69, 9.17) is 27.8 Å². The van der Waals surface area contributed by atoms with Crippen LogP contribution in [0.1, 0.15) is 27.8 Å². The highest BCUT2D eigenvalue weighted by molar-refractivity contribution is 6.34. The fourth-order valence-electron chi connectivity index (χ4n) is 1.72. The van der Waals surface area contributed by atoms with Crippen molar-refractivity contribution in [3.8, 4) is 5.69 Å². The molecule has 1 heterocycles. The monoisotopic (exact) mass is 308 g/mol. The van der Waals surface area contributed by atoms with Crippen molar-refractivity contribution in [2.75, 3.05) is 12.3 Å². The highest BCUT2D eigenvalue weighted by atomic mass is 35.5. The molecular formula is C13H13ClN4O3. The van der Waals surface area contributed by atoms with Crippen molar-refractivity contribution in [1.29, 1.82) is 0 Å². The Bertz CT molecular complexity index is 711. The number of hydrogen-bond acceptors (Lipinski definition) is 5. The van der Waals surface area contributed by atoms with Gasteiger partial charge in [-0.2, -0.15) is 5.10 Å². The van der Waals surface area contributed by atoms with Gasteiger partial charge >= 0.3 is 5.97 Å². The second-order valence-electron chi connectivity index (χ2n) is 4.13. The molecule has 0 atom stereocenters. The Hall–Kier alpha value is -2.54. The van der Waals surface area contributed by atoms with Crippen LogP contribution in [0.15, 0.2) is 24.4 Å². The van der Waals surface area contributed by atoms with Crippen LogP contribution in [-0.4, -0.2) is 28.3 Å². The van der Waals surface area contributed by atoms with Gasteiger partial charge in [-0.25, -0.2) is 9.48 Å². The first-order valence-electron chi connectivity index (χ1n) is 6.06. The van der Waals surface area contributed by atoms with Gasteiger partial charge in [0.05, 0.1) is 34.8 Å². The number of nitrogens with zero attached hydrogens (tertiary/aromatic N) is 2. The van der Waals surface area contributed by atoms with Gasteiger partial charge in [0.1, 0.15) is 0 Å². The fraction of sp³-hybridized carbons (Fsp3) is 0.154. The Kier molecular flexibility index (Phi) is 4.13. The van der Waals surface area contributed by atoms with E-state index in [1.807, 2.05) is 0 Å². The lowest BCUT2D eigenvalue weighted by Gasteiger charge is -2.04. The third kappa shape index (κ3) is 2.97. The number of hydrogen-bond donors (Lipinski definition) is 2. The van der Waals surface area contributed by atoms with Crippen LogP contribution in [0, 0.1) is 0 Å². The number of anilines is 1. The molecule has 0 aliphatic carbocycles. The average Bonchev–Trinajstić information content (AvgIpc) is 2.80. The van der Waals surface area contributed by atoms with Crippen LogP contribution in [0.3, 0.4) is 0 Å². The van der Waals surface area contributed by atoms with Gasteiger partial charge in [-0.15, -0.1) is 0 Å². The van der Waals surface area contributed by atoms with E-state index in [9.17, 15) is 9.59 Å². The summed E-state index contributed by atoms with van der Waals surface area (Å²) in [5, 5.41) is 4.24. The number of amides is 1. The van der Waals surface area contributed by atoms with Crippen molar-refractivity contribution in [1.82, 2.24) is 9.78 Å². The van der Waals surface area contributed by atoms with Crippen molar-refractivity contribution in [3.05, 3.63) is 40.7 Å². The summed E-state index contributed by atoms with van der Waals surface area (Å²) in [5.41, 5.74) is 11.9. The second-order valence-corrected chi connectivity index (χ2v) is 4.53. The molecule has 0 aliphatic heterocycles. The van der Waals surface area contributed by atoms with Gasteiger partial charge in [-0.05, 0) is 25.1 Å². The molecule has 1 amide bonds. The Balaban J connectivity index is 2.39. The highest BCUT2D eigenvalue weighted by Crippen LogP contribution is 2.21. The summed E-state index contributed by atoms with van der Waals surface area (Å²) < 4.78 is 6.22. The zero-order chi connectivity index (χ0) is 15.6. The first-order chi connectivity index (χ1) is 9.93. The molecule has 110 valence electrons. The molecule has 21 heavy (non-hydrogen) atoms. The Morgan fingerprint density at radius 2 is 2.14 bits per heavy atom. The largest absolute Gasteiger partial charge is 0.461 e. The molecule has 2 aromatic rings. The normalized spacial score (nSPS) is 10.4. The van der Waals surface area contributed by atoms with Crippen LogP contribution in [0.5, 0.6) is 0 Å². The van der Waals surface area contributed by atoms with Gasteiger partial charge in [-0.3, -0.25) is 4.79 Å². The number of nitrogen functional groups attached to an aromatic ring is 1. The number of primary amides is 1. The van der Waals surface area contributed by atoms with E-state index < -0.39 is 11.9 Å². The number of ether oxygens (including phenoxy) is 1. The summed E-state index contributed by atoms with van der Waals surface area (Å²) in [6.07, 6.45) is 1.46. The molecule has 0 saturated carbocycles. The van der Waals surface area contributed by atoms with Crippen LogP contribution < -0.4 is 11.5 Å². The standard InChI is InChI=1S/C13H13ClN4O3/c1-2-21-13(20)11-10(15)6-18(17-11)7-3-4-8(12(16)19)9(14)5-7/h3-6H,2,15H2,1H3,(H2,16,19). The van der Waals surface area contributed by atoms with Gasteiger partial charge in [0, 0.05) is 0 Å². The summed E-state index contributed by atoms with van der Waals surface area (Å²) in [7, 11) is 0. The molecule has 0 spiro atoms. The predicted molar refractivity (Wildman–Crippen MR) is 77.5 cm³/mol. The number of carbonyl (C=O) groups excluding carboxylic acids is 2. The molecule has 4 N–H and O–H groups in total. The Labute approximate surface area is 125 Å². The lowest BCUT2D eigenvalue weighted by Crippen LogP contribution is -2.12. The maximum absolute atomic E-state index is 11.7. The van der Waals surface area contributed by atoms with Crippen LogP contribution in [0.4, 0.5) is 5.69 Å². The zero-order valence-corrected chi connectivity index (χ0v) is 11.9. The minimum absolute atomic E-state index is 0.0203. The summed E-state index contributed by atoms with van der Waals surface area (Å²) in [6, 6.07) is 4.57. The van der Waals surface area contributed by atoms with Crippen molar-refractivity contribution in [2.24, 2.45) is 5.73 Å².